The van der Waals surface area contributed by atoms with Crippen LogP contribution in [0.5, 0.6) is 0 Å². The van der Waals surface area contributed by atoms with Gasteiger partial charge < -0.3 is 10.4 Å². The number of rotatable bonds is 4. The molecule has 1 aliphatic rings. The maximum absolute atomic E-state index is 12.9. The largest absolute Gasteiger partial charge is 0.481 e. The van der Waals surface area contributed by atoms with Gasteiger partial charge in [0.05, 0.1) is 11.3 Å². The van der Waals surface area contributed by atoms with Crippen molar-refractivity contribution in [3.8, 4) is 0 Å². The average molecular weight is 279 g/mol. The van der Waals surface area contributed by atoms with Crippen LogP contribution < -0.4 is 5.32 Å². The number of aliphatic carboxylic acids is 1. The number of carbonyl (C=O) groups is 2. The minimum Gasteiger partial charge on any atom is -0.481 e. The van der Waals surface area contributed by atoms with Crippen molar-refractivity contribution < 1.29 is 19.1 Å². The van der Waals surface area contributed by atoms with Gasteiger partial charge >= 0.3 is 5.97 Å². The van der Waals surface area contributed by atoms with Crippen LogP contribution in [0.2, 0.25) is 0 Å². The SMILES string of the molecule is CC(C)(C(=O)NC1CC(C(=O)O)C1)c1ccc(F)cc1. The van der Waals surface area contributed by atoms with Crippen molar-refractivity contribution in [2.75, 3.05) is 0 Å². The molecule has 0 radical (unpaired) electrons. The summed E-state index contributed by atoms with van der Waals surface area (Å²) in [6.45, 7) is 3.53. The topological polar surface area (TPSA) is 66.4 Å². The van der Waals surface area contributed by atoms with Crippen LogP contribution in [-0.4, -0.2) is 23.0 Å². The van der Waals surface area contributed by atoms with Gasteiger partial charge in [0.25, 0.3) is 0 Å². The third-order valence-corrected chi connectivity index (χ3v) is 3.96. The number of hydrogen-bond donors (Lipinski definition) is 2. The number of carboxylic acid groups (broad SMARTS) is 1. The minimum atomic E-state index is -0.812. The van der Waals surface area contributed by atoms with Gasteiger partial charge in [0.2, 0.25) is 5.91 Å². The van der Waals surface area contributed by atoms with Crippen LogP contribution in [0, 0.1) is 11.7 Å². The molecule has 0 saturated heterocycles. The predicted octanol–water partition coefficient (Wildman–Crippen LogP) is 2.08. The summed E-state index contributed by atoms with van der Waals surface area (Å²) in [6.07, 6.45) is 0.946. The van der Waals surface area contributed by atoms with Crippen LogP contribution in [0.4, 0.5) is 4.39 Å². The molecule has 1 saturated carbocycles. The fraction of sp³-hybridized carbons (Fsp3) is 0.467. The minimum absolute atomic E-state index is 0.0803. The Labute approximate surface area is 117 Å². The lowest BCUT2D eigenvalue weighted by molar-refractivity contribution is -0.146. The van der Waals surface area contributed by atoms with Gasteiger partial charge in [0.1, 0.15) is 5.82 Å². The molecule has 2 N–H and O–H groups in total. The fourth-order valence-corrected chi connectivity index (χ4v) is 2.30. The second kappa shape index (κ2) is 5.23. The maximum Gasteiger partial charge on any atom is 0.306 e. The highest BCUT2D eigenvalue weighted by atomic mass is 19.1. The first-order chi connectivity index (χ1) is 9.30. The normalized spacial score (nSPS) is 21.9. The van der Waals surface area contributed by atoms with E-state index < -0.39 is 11.4 Å². The predicted molar refractivity (Wildman–Crippen MR) is 71.7 cm³/mol. The van der Waals surface area contributed by atoms with Gasteiger partial charge in [-0.2, -0.15) is 0 Å². The van der Waals surface area contributed by atoms with E-state index in [4.69, 9.17) is 5.11 Å². The van der Waals surface area contributed by atoms with Crippen molar-refractivity contribution in [3.05, 3.63) is 35.6 Å². The summed E-state index contributed by atoms with van der Waals surface area (Å²) in [5.74, 6) is -1.67. The summed E-state index contributed by atoms with van der Waals surface area (Å²) in [5, 5.41) is 11.7. The number of halogens is 1. The number of hydrogen-bond acceptors (Lipinski definition) is 2. The molecule has 1 aromatic carbocycles. The molecule has 20 heavy (non-hydrogen) atoms. The van der Waals surface area contributed by atoms with Crippen LogP contribution in [-0.2, 0) is 15.0 Å². The van der Waals surface area contributed by atoms with Crippen molar-refractivity contribution in [2.24, 2.45) is 5.92 Å². The van der Waals surface area contributed by atoms with E-state index in [1.807, 2.05) is 0 Å². The van der Waals surface area contributed by atoms with E-state index in [-0.39, 0.29) is 23.7 Å². The first-order valence-corrected chi connectivity index (χ1v) is 6.60. The Hall–Kier alpha value is -1.91. The Kier molecular flexibility index (Phi) is 3.79. The molecule has 1 amide bonds. The number of benzene rings is 1. The number of carbonyl (C=O) groups excluding carboxylic acids is 1. The summed E-state index contributed by atoms with van der Waals surface area (Å²) in [7, 11) is 0. The van der Waals surface area contributed by atoms with E-state index in [9.17, 15) is 14.0 Å². The van der Waals surface area contributed by atoms with Gasteiger partial charge in [-0.1, -0.05) is 12.1 Å². The molecule has 0 spiro atoms. The van der Waals surface area contributed by atoms with Gasteiger partial charge in [-0.05, 0) is 44.4 Å². The van der Waals surface area contributed by atoms with E-state index in [1.54, 1.807) is 26.0 Å². The molecule has 108 valence electrons. The van der Waals surface area contributed by atoms with Crippen LogP contribution in [0.3, 0.4) is 0 Å². The Morgan fingerprint density at radius 3 is 2.30 bits per heavy atom. The lowest BCUT2D eigenvalue weighted by Gasteiger charge is -2.35. The summed E-state index contributed by atoms with van der Waals surface area (Å²) in [4.78, 5) is 23.0. The number of carboxylic acids is 1. The van der Waals surface area contributed by atoms with Crippen molar-refractivity contribution in [3.63, 3.8) is 0 Å². The van der Waals surface area contributed by atoms with Crippen LogP contribution in [0.15, 0.2) is 24.3 Å². The first kappa shape index (κ1) is 14.5. The molecule has 0 aromatic heterocycles. The van der Waals surface area contributed by atoms with Gasteiger partial charge in [0, 0.05) is 6.04 Å². The van der Waals surface area contributed by atoms with Gasteiger partial charge in [-0.3, -0.25) is 9.59 Å². The molecule has 0 unspecified atom stereocenters. The molecular formula is C15H18FNO3. The quantitative estimate of drug-likeness (QED) is 0.886. The molecular weight excluding hydrogens is 261 g/mol. The van der Waals surface area contributed by atoms with E-state index in [0.29, 0.717) is 12.8 Å². The second-order valence-electron chi connectivity index (χ2n) is 5.81. The Morgan fingerprint density at radius 2 is 1.80 bits per heavy atom. The fourth-order valence-electron chi connectivity index (χ4n) is 2.30. The van der Waals surface area contributed by atoms with Crippen molar-refractivity contribution in [2.45, 2.75) is 38.1 Å². The zero-order chi connectivity index (χ0) is 14.9. The monoisotopic (exact) mass is 279 g/mol. The van der Waals surface area contributed by atoms with Gasteiger partial charge in [-0.15, -0.1) is 0 Å². The van der Waals surface area contributed by atoms with Crippen molar-refractivity contribution in [1.82, 2.24) is 5.32 Å². The van der Waals surface area contributed by atoms with E-state index in [0.717, 1.165) is 5.56 Å². The summed E-state index contributed by atoms with van der Waals surface area (Å²) >= 11 is 0. The number of amides is 1. The molecule has 0 heterocycles. The third-order valence-electron chi connectivity index (χ3n) is 3.96. The van der Waals surface area contributed by atoms with E-state index in [2.05, 4.69) is 5.32 Å². The lowest BCUT2D eigenvalue weighted by Crippen LogP contribution is -2.51. The Morgan fingerprint density at radius 1 is 1.25 bits per heavy atom. The molecule has 0 aliphatic heterocycles. The summed E-state index contributed by atoms with van der Waals surface area (Å²) in [6, 6.07) is 5.76. The number of nitrogens with one attached hydrogen (secondary N) is 1. The molecule has 4 nitrogen and oxygen atoms in total. The van der Waals surface area contributed by atoms with Crippen molar-refractivity contribution >= 4 is 11.9 Å². The average Bonchev–Trinajstić information content (AvgIpc) is 2.32. The Balaban J connectivity index is 1.98. The first-order valence-electron chi connectivity index (χ1n) is 6.60. The third kappa shape index (κ3) is 2.81. The van der Waals surface area contributed by atoms with Gasteiger partial charge in [-0.25, -0.2) is 4.39 Å². The molecule has 5 heteroatoms. The highest BCUT2D eigenvalue weighted by Crippen LogP contribution is 2.30. The smallest absolute Gasteiger partial charge is 0.306 e. The zero-order valence-electron chi connectivity index (χ0n) is 11.5. The van der Waals surface area contributed by atoms with Crippen LogP contribution in [0.25, 0.3) is 0 Å². The van der Waals surface area contributed by atoms with Crippen LogP contribution >= 0.6 is 0 Å². The molecule has 2 rings (SSSR count). The molecule has 1 aliphatic carbocycles. The summed E-state index contributed by atoms with van der Waals surface area (Å²) in [5.41, 5.74) is -0.0485. The molecule has 1 fully saturated rings. The standard InChI is InChI=1S/C15H18FNO3/c1-15(2,10-3-5-11(16)6-4-10)14(20)17-12-7-9(8-12)13(18)19/h3-6,9,12H,7-8H2,1-2H3,(H,17,20)(H,18,19). The van der Waals surface area contributed by atoms with Gasteiger partial charge in [0.15, 0.2) is 0 Å². The molecule has 0 atom stereocenters. The second-order valence-corrected chi connectivity index (χ2v) is 5.81. The van der Waals surface area contributed by atoms with E-state index >= 15 is 0 Å². The van der Waals surface area contributed by atoms with Crippen LogP contribution in [0.1, 0.15) is 32.3 Å². The lowest BCUT2D eigenvalue weighted by atomic mass is 9.78. The van der Waals surface area contributed by atoms with E-state index in [1.165, 1.54) is 12.1 Å². The summed E-state index contributed by atoms with van der Waals surface area (Å²) < 4.78 is 12.9. The van der Waals surface area contributed by atoms with Crippen molar-refractivity contribution in [1.29, 1.82) is 0 Å². The zero-order valence-corrected chi connectivity index (χ0v) is 11.5. The molecule has 0 bridgehead atoms. The maximum atomic E-state index is 12.9. The molecule has 1 aromatic rings. The highest BCUT2D eigenvalue weighted by Gasteiger charge is 2.38. The highest BCUT2D eigenvalue weighted by molar-refractivity contribution is 5.87. The Bertz CT molecular complexity index is 518.